The first-order chi connectivity index (χ1) is 10.3. The van der Waals surface area contributed by atoms with Gasteiger partial charge in [-0.25, -0.2) is 0 Å². The van der Waals surface area contributed by atoms with Crippen LogP contribution in [0.1, 0.15) is 22.0 Å². The summed E-state index contributed by atoms with van der Waals surface area (Å²) in [5.74, 6) is 0. The molecule has 0 amide bonds. The van der Waals surface area contributed by atoms with Gasteiger partial charge in [-0.3, -0.25) is 9.69 Å². The molecule has 1 aliphatic rings. The maximum Gasteiger partial charge on any atom is 0.293 e. The molecule has 0 radical (unpaired) electrons. The maximum atomic E-state index is 10.6. The summed E-state index contributed by atoms with van der Waals surface area (Å²) in [5, 5.41) is 2.86. The van der Waals surface area contributed by atoms with Crippen LogP contribution in [-0.2, 0) is 22.5 Å². The third-order valence-corrected chi connectivity index (χ3v) is 5.23. The summed E-state index contributed by atoms with van der Waals surface area (Å²) in [6.07, 6.45) is 1.04. The van der Waals surface area contributed by atoms with Crippen LogP contribution >= 0.6 is 22.9 Å². The Morgan fingerprint density at radius 2 is 2.24 bits per heavy atom. The Morgan fingerprint density at radius 3 is 3.05 bits per heavy atom. The summed E-state index contributed by atoms with van der Waals surface area (Å²) in [6.45, 7) is 2.65. The second kappa shape index (κ2) is 6.60. The van der Waals surface area contributed by atoms with E-state index in [1.807, 2.05) is 35.6 Å². The van der Waals surface area contributed by atoms with Crippen molar-refractivity contribution in [3.8, 4) is 0 Å². The van der Waals surface area contributed by atoms with Gasteiger partial charge in [0.2, 0.25) is 0 Å². The molecule has 1 atom stereocenters. The molecular formula is C16H16ClNO2S. The molecule has 0 N–H and O–H groups in total. The Morgan fingerprint density at radius 1 is 1.38 bits per heavy atom. The van der Waals surface area contributed by atoms with Gasteiger partial charge in [0.15, 0.2) is 0 Å². The molecule has 2 aromatic rings. The molecule has 110 valence electrons. The highest BCUT2D eigenvalue weighted by Crippen LogP contribution is 2.33. The molecule has 0 fully saturated rings. The van der Waals surface area contributed by atoms with Crippen LogP contribution in [0.5, 0.6) is 0 Å². The molecule has 0 unspecified atom stereocenters. The minimum absolute atomic E-state index is 0.00282. The lowest BCUT2D eigenvalue weighted by Gasteiger charge is -2.34. The van der Waals surface area contributed by atoms with E-state index >= 15 is 0 Å². The van der Waals surface area contributed by atoms with Crippen LogP contribution in [0.2, 0.25) is 5.02 Å². The monoisotopic (exact) mass is 321 g/mol. The fourth-order valence-corrected chi connectivity index (χ4v) is 3.96. The van der Waals surface area contributed by atoms with Crippen LogP contribution in [-0.4, -0.2) is 24.5 Å². The highest BCUT2D eigenvalue weighted by atomic mass is 35.5. The number of fused-ring (bicyclic) bond motifs is 1. The van der Waals surface area contributed by atoms with E-state index in [2.05, 4.69) is 16.3 Å². The molecule has 1 aromatic carbocycles. The van der Waals surface area contributed by atoms with E-state index in [9.17, 15) is 4.79 Å². The molecular weight excluding hydrogens is 306 g/mol. The van der Waals surface area contributed by atoms with Gasteiger partial charge in [0, 0.05) is 23.0 Å². The molecule has 0 spiro atoms. The lowest BCUT2D eigenvalue weighted by Crippen LogP contribution is -2.36. The van der Waals surface area contributed by atoms with Crippen molar-refractivity contribution in [1.29, 1.82) is 0 Å². The molecule has 0 aliphatic carbocycles. The van der Waals surface area contributed by atoms with Crippen molar-refractivity contribution in [2.24, 2.45) is 0 Å². The number of halogens is 1. The van der Waals surface area contributed by atoms with Crippen LogP contribution in [0.3, 0.4) is 0 Å². The zero-order chi connectivity index (χ0) is 14.7. The SMILES string of the molecule is O=COC[C@@H](c1ccccc1Cl)N1CCc2sccc2C1. The second-order valence-corrected chi connectivity index (χ2v) is 6.46. The number of hydrogen-bond donors (Lipinski definition) is 0. The zero-order valence-corrected chi connectivity index (χ0v) is 13.1. The molecule has 2 heterocycles. The lowest BCUT2D eigenvalue weighted by molar-refractivity contribution is -0.130. The van der Waals surface area contributed by atoms with Gasteiger partial charge in [-0.15, -0.1) is 11.3 Å². The average Bonchev–Trinajstić information content (AvgIpc) is 2.97. The molecule has 3 rings (SSSR count). The first-order valence-corrected chi connectivity index (χ1v) is 8.14. The first-order valence-electron chi connectivity index (χ1n) is 6.88. The molecule has 1 aliphatic heterocycles. The van der Waals surface area contributed by atoms with E-state index in [-0.39, 0.29) is 6.04 Å². The first kappa shape index (κ1) is 14.6. The third kappa shape index (κ3) is 3.12. The van der Waals surface area contributed by atoms with Crippen LogP contribution in [0.15, 0.2) is 35.7 Å². The standard InChI is InChI=1S/C16H16ClNO2S/c17-14-4-2-1-3-13(14)15(10-20-11-19)18-7-5-16-12(9-18)6-8-21-16/h1-4,6,8,11,15H,5,7,9-10H2/t15-/m0/s1. The van der Waals surface area contributed by atoms with Gasteiger partial charge < -0.3 is 4.74 Å². The van der Waals surface area contributed by atoms with E-state index in [4.69, 9.17) is 16.3 Å². The maximum absolute atomic E-state index is 10.6. The van der Waals surface area contributed by atoms with Crippen molar-refractivity contribution in [3.63, 3.8) is 0 Å². The number of nitrogens with zero attached hydrogens (tertiary/aromatic N) is 1. The molecule has 1 aromatic heterocycles. The van der Waals surface area contributed by atoms with Crippen LogP contribution in [0.25, 0.3) is 0 Å². The van der Waals surface area contributed by atoms with E-state index < -0.39 is 0 Å². The van der Waals surface area contributed by atoms with Gasteiger partial charge in [0.05, 0.1) is 6.04 Å². The zero-order valence-electron chi connectivity index (χ0n) is 11.5. The smallest absolute Gasteiger partial charge is 0.293 e. The fourth-order valence-electron chi connectivity index (χ4n) is 2.80. The third-order valence-electron chi connectivity index (χ3n) is 3.86. The molecule has 21 heavy (non-hydrogen) atoms. The Labute approximate surface area is 133 Å². The van der Waals surface area contributed by atoms with Gasteiger partial charge in [-0.05, 0) is 35.1 Å². The summed E-state index contributed by atoms with van der Waals surface area (Å²) in [4.78, 5) is 14.4. The molecule has 0 saturated carbocycles. The molecule has 0 saturated heterocycles. The van der Waals surface area contributed by atoms with Crippen molar-refractivity contribution >= 4 is 29.4 Å². The lowest BCUT2D eigenvalue weighted by atomic mass is 10.0. The van der Waals surface area contributed by atoms with E-state index in [0.29, 0.717) is 18.1 Å². The summed E-state index contributed by atoms with van der Waals surface area (Å²) >= 11 is 8.14. The van der Waals surface area contributed by atoms with E-state index in [0.717, 1.165) is 25.1 Å². The minimum atomic E-state index is -0.00282. The summed E-state index contributed by atoms with van der Waals surface area (Å²) in [7, 11) is 0. The van der Waals surface area contributed by atoms with Crippen molar-refractivity contribution < 1.29 is 9.53 Å². The van der Waals surface area contributed by atoms with Gasteiger partial charge >= 0.3 is 0 Å². The largest absolute Gasteiger partial charge is 0.466 e. The number of hydrogen-bond acceptors (Lipinski definition) is 4. The minimum Gasteiger partial charge on any atom is -0.466 e. The van der Waals surface area contributed by atoms with Crippen LogP contribution in [0, 0.1) is 0 Å². The summed E-state index contributed by atoms with van der Waals surface area (Å²) in [6, 6.07) is 9.94. The molecule has 3 nitrogen and oxygen atoms in total. The molecule has 5 heteroatoms. The van der Waals surface area contributed by atoms with Gasteiger partial charge in [-0.1, -0.05) is 29.8 Å². The topological polar surface area (TPSA) is 29.5 Å². The van der Waals surface area contributed by atoms with E-state index in [1.165, 1.54) is 10.4 Å². The average molecular weight is 322 g/mol. The van der Waals surface area contributed by atoms with Gasteiger partial charge in [0.1, 0.15) is 6.61 Å². The fraction of sp³-hybridized carbons (Fsp3) is 0.312. The van der Waals surface area contributed by atoms with Gasteiger partial charge in [0.25, 0.3) is 6.47 Å². The predicted octanol–water partition coefficient (Wildman–Crippen LogP) is 3.67. The second-order valence-electron chi connectivity index (χ2n) is 5.06. The highest BCUT2D eigenvalue weighted by molar-refractivity contribution is 7.10. The van der Waals surface area contributed by atoms with Crippen molar-refractivity contribution in [2.75, 3.05) is 13.2 Å². The van der Waals surface area contributed by atoms with Gasteiger partial charge in [-0.2, -0.15) is 0 Å². The Kier molecular flexibility index (Phi) is 4.58. The van der Waals surface area contributed by atoms with Crippen molar-refractivity contribution in [2.45, 2.75) is 19.0 Å². The number of rotatable bonds is 5. The van der Waals surface area contributed by atoms with Crippen molar-refractivity contribution in [3.05, 3.63) is 56.7 Å². The summed E-state index contributed by atoms with van der Waals surface area (Å²) in [5.41, 5.74) is 2.38. The predicted molar refractivity (Wildman–Crippen MR) is 84.6 cm³/mol. The number of carbonyl (C=O) groups is 1. The summed E-state index contributed by atoms with van der Waals surface area (Å²) < 4.78 is 5.05. The van der Waals surface area contributed by atoms with E-state index in [1.54, 1.807) is 0 Å². The number of thiophene rings is 1. The Bertz CT molecular complexity index is 628. The highest BCUT2D eigenvalue weighted by Gasteiger charge is 2.27. The number of carbonyl (C=O) groups excluding carboxylic acids is 1. The normalized spacial score (nSPS) is 16.2. The molecule has 0 bridgehead atoms. The quantitative estimate of drug-likeness (QED) is 0.787. The van der Waals surface area contributed by atoms with Crippen molar-refractivity contribution in [1.82, 2.24) is 4.90 Å². The number of benzene rings is 1. The Hall–Kier alpha value is -1.36. The van der Waals surface area contributed by atoms with Crippen LogP contribution < -0.4 is 0 Å². The number of ether oxygens (including phenoxy) is 1. The Balaban J connectivity index is 1.86. The van der Waals surface area contributed by atoms with Crippen LogP contribution in [0.4, 0.5) is 0 Å².